The van der Waals surface area contributed by atoms with Gasteiger partial charge in [0, 0.05) is 22.9 Å². The molecule has 1 aromatic carbocycles. The van der Waals surface area contributed by atoms with Crippen LogP contribution >= 0.6 is 15.9 Å². The Labute approximate surface area is 121 Å². The Hall–Kier alpha value is -1.26. The molecule has 1 atom stereocenters. The third kappa shape index (κ3) is 4.11. The lowest BCUT2D eigenvalue weighted by Crippen LogP contribution is -2.30. The molecule has 19 heavy (non-hydrogen) atoms. The predicted molar refractivity (Wildman–Crippen MR) is 78.6 cm³/mol. The highest BCUT2D eigenvalue weighted by Crippen LogP contribution is 2.17. The molecule has 0 saturated carbocycles. The molecule has 2 rings (SSSR count). The van der Waals surface area contributed by atoms with Crippen LogP contribution in [0.1, 0.15) is 11.1 Å². The zero-order valence-corrected chi connectivity index (χ0v) is 12.3. The van der Waals surface area contributed by atoms with Crippen LogP contribution in [0.5, 0.6) is 0 Å². The minimum Gasteiger partial charge on any atom is -0.316 e. The van der Waals surface area contributed by atoms with Gasteiger partial charge in [-0.25, -0.2) is 4.39 Å². The van der Waals surface area contributed by atoms with Crippen LogP contribution in [0.25, 0.3) is 0 Å². The molecule has 0 fully saturated rings. The summed E-state index contributed by atoms with van der Waals surface area (Å²) < 4.78 is 14.6. The Bertz CT molecular complexity index is 531. The molecule has 0 amide bonds. The predicted octanol–water partition coefficient (Wildman–Crippen LogP) is 3.36. The SMILES string of the molecule is CNC(Cc1ccncc1)Cc1ccc(Br)cc1F. The Kier molecular flexibility index (Phi) is 5.05. The van der Waals surface area contributed by atoms with Crippen LogP contribution in [0.4, 0.5) is 4.39 Å². The van der Waals surface area contributed by atoms with Gasteiger partial charge in [0.1, 0.15) is 5.82 Å². The number of halogens is 2. The standard InChI is InChI=1S/C15H16BrFN2/c1-18-14(8-11-4-6-19-7-5-11)9-12-2-3-13(16)10-15(12)17/h2-7,10,14,18H,8-9H2,1H3. The fraction of sp³-hybridized carbons (Fsp3) is 0.267. The summed E-state index contributed by atoms with van der Waals surface area (Å²) in [5.74, 6) is -0.163. The fourth-order valence-electron chi connectivity index (χ4n) is 2.03. The van der Waals surface area contributed by atoms with Crippen LogP contribution in [-0.2, 0) is 12.8 Å². The lowest BCUT2D eigenvalue weighted by atomic mass is 9.99. The molecule has 1 heterocycles. The Morgan fingerprint density at radius 3 is 2.58 bits per heavy atom. The molecular weight excluding hydrogens is 307 g/mol. The molecule has 0 bridgehead atoms. The first-order chi connectivity index (χ1) is 9.19. The molecule has 2 aromatic rings. The van der Waals surface area contributed by atoms with Crippen molar-refractivity contribution in [2.24, 2.45) is 0 Å². The summed E-state index contributed by atoms with van der Waals surface area (Å²) in [5.41, 5.74) is 1.93. The highest BCUT2D eigenvalue weighted by atomic mass is 79.9. The van der Waals surface area contributed by atoms with E-state index >= 15 is 0 Å². The number of nitrogens with zero attached hydrogens (tertiary/aromatic N) is 1. The molecule has 100 valence electrons. The second-order valence-corrected chi connectivity index (χ2v) is 5.40. The normalized spacial score (nSPS) is 12.4. The summed E-state index contributed by atoms with van der Waals surface area (Å²) in [7, 11) is 1.91. The molecule has 2 nitrogen and oxygen atoms in total. The van der Waals surface area contributed by atoms with Crippen molar-refractivity contribution in [2.75, 3.05) is 7.05 Å². The lowest BCUT2D eigenvalue weighted by molar-refractivity contribution is 0.532. The smallest absolute Gasteiger partial charge is 0.127 e. The monoisotopic (exact) mass is 322 g/mol. The van der Waals surface area contributed by atoms with Gasteiger partial charge in [-0.2, -0.15) is 0 Å². The Balaban J connectivity index is 2.06. The van der Waals surface area contributed by atoms with Crippen LogP contribution in [0.2, 0.25) is 0 Å². The molecule has 4 heteroatoms. The zero-order valence-electron chi connectivity index (χ0n) is 10.7. The van der Waals surface area contributed by atoms with Crippen LogP contribution < -0.4 is 5.32 Å². The van der Waals surface area contributed by atoms with Crippen molar-refractivity contribution in [3.05, 3.63) is 64.1 Å². The van der Waals surface area contributed by atoms with Gasteiger partial charge in [0.15, 0.2) is 0 Å². The summed E-state index contributed by atoms with van der Waals surface area (Å²) in [5, 5.41) is 3.24. The van der Waals surface area contributed by atoms with E-state index in [2.05, 4.69) is 26.2 Å². The fourth-order valence-corrected chi connectivity index (χ4v) is 2.37. The van der Waals surface area contributed by atoms with Crippen molar-refractivity contribution >= 4 is 15.9 Å². The number of hydrogen-bond acceptors (Lipinski definition) is 2. The number of pyridine rings is 1. The van der Waals surface area contributed by atoms with E-state index in [4.69, 9.17) is 0 Å². The number of aromatic nitrogens is 1. The summed E-state index contributed by atoms with van der Waals surface area (Å²) in [6.45, 7) is 0. The topological polar surface area (TPSA) is 24.9 Å². The van der Waals surface area contributed by atoms with Crippen LogP contribution in [0, 0.1) is 5.82 Å². The van der Waals surface area contributed by atoms with Gasteiger partial charge in [0.2, 0.25) is 0 Å². The highest BCUT2D eigenvalue weighted by Gasteiger charge is 2.11. The van der Waals surface area contributed by atoms with Crippen molar-refractivity contribution in [2.45, 2.75) is 18.9 Å². The average molecular weight is 323 g/mol. The van der Waals surface area contributed by atoms with Gasteiger partial charge in [0.25, 0.3) is 0 Å². The number of rotatable bonds is 5. The van der Waals surface area contributed by atoms with Gasteiger partial charge in [-0.1, -0.05) is 22.0 Å². The largest absolute Gasteiger partial charge is 0.316 e. The first-order valence-electron chi connectivity index (χ1n) is 6.19. The number of benzene rings is 1. The van der Waals surface area contributed by atoms with Crippen molar-refractivity contribution in [3.63, 3.8) is 0 Å². The second-order valence-electron chi connectivity index (χ2n) is 4.49. The zero-order chi connectivity index (χ0) is 13.7. The van der Waals surface area contributed by atoms with Crippen LogP contribution in [0.15, 0.2) is 47.2 Å². The van der Waals surface area contributed by atoms with E-state index in [1.54, 1.807) is 12.4 Å². The molecule has 0 aliphatic rings. The summed E-state index contributed by atoms with van der Waals surface area (Å²) >= 11 is 3.27. The molecule has 0 radical (unpaired) electrons. The van der Waals surface area contributed by atoms with E-state index in [9.17, 15) is 4.39 Å². The van der Waals surface area contributed by atoms with E-state index in [0.717, 1.165) is 16.5 Å². The van der Waals surface area contributed by atoms with Gasteiger partial charge in [-0.05, 0) is 55.3 Å². The van der Waals surface area contributed by atoms with Crippen LogP contribution in [-0.4, -0.2) is 18.1 Å². The van der Waals surface area contributed by atoms with Crippen molar-refractivity contribution in [3.8, 4) is 0 Å². The van der Waals surface area contributed by atoms with Gasteiger partial charge in [0.05, 0.1) is 0 Å². The summed E-state index contributed by atoms with van der Waals surface area (Å²) in [6.07, 6.45) is 5.08. The van der Waals surface area contributed by atoms with Gasteiger partial charge in [-0.3, -0.25) is 4.98 Å². The summed E-state index contributed by atoms with van der Waals surface area (Å²) in [4.78, 5) is 4.00. The van der Waals surface area contributed by atoms with E-state index < -0.39 is 0 Å². The third-order valence-corrected chi connectivity index (χ3v) is 3.61. The van der Waals surface area contributed by atoms with Crippen LogP contribution in [0.3, 0.4) is 0 Å². The maximum absolute atomic E-state index is 13.8. The highest BCUT2D eigenvalue weighted by molar-refractivity contribution is 9.10. The van der Waals surface area contributed by atoms with Crippen molar-refractivity contribution in [1.82, 2.24) is 10.3 Å². The molecule has 0 aliphatic heterocycles. The van der Waals surface area contributed by atoms with E-state index in [-0.39, 0.29) is 11.9 Å². The minimum atomic E-state index is -0.163. The van der Waals surface area contributed by atoms with Crippen molar-refractivity contribution < 1.29 is 4.39 Å². The maximum atomic E-state index is 13.8. The molecule has 0 aliphatic carbocycles. The van der Waals surface area contributed by atoms with Gasteiger partial charge < -0.3 is 5.32 Å². The third-order valence-electron chi connectivity index (χ3n) is 3.12. The first-order valence-corrected chi connectivity index (χ1v) is 6.98. The molecule has 1 aromatic heterocycles. The first kappa shape index (κ1) is 14.2. The Morgan fingerprint density at radius 2 is 1.95 bits per heavy atom. The lowest BCUT2D eigenvalue weighted by Gasteiger charge is -2.16. The molecule has 0 spiro atoms. The quantitative estimate of drug-likeness (QED) is 0.913. The molecule has 1 unspecified atom stereocenters. The van der Waals surface area contributed by atoms with Gasteiger partial charge in [-0.15, -0.1) is 0 Å². The van der Waals surface area contributed by atoms with Gasteiger partial charge >= 0.3 is 0 Å². The second kappa shape index (κ2) is 6.78. The number of hydrogen-bond donors (Lipinski definition) is 1. The maximum Gasteiger partial charge on any atom is 0.127 e. The van der Waals surface area contributed by atoms with E-state index in [1.165, 1.54) is 11.6 Å². The number of likely N-dealkylation sites (N-methyl/N-ethyl adjacent to an activating group) is 1. The molecule has 1 N–H and O–H groups in total. The molecule has 0 saturated heterocycles. The van der Waals surface area contributed by atoms with Crippen molar-refractivity contribution in [1.29, 1.82) is 0 Å². The summed E-state index contributed by atoms with van der Waals surface area (Å²) in [6, 6.07) is 9.39. The van der Waals surface area contributed by atoms with E-state index in [1.807, 2.05) is 31.3 Å². The van der Waals surface area contributed by atoms with E-state index in [0.29, 0.717) is 6.42 Å². The number of nitrogens with one attached hydrogen (secondary N) is 1. The average Bonchev–Trinajstić information content (AvgIpc) is 2.42. The Morgan fingerprint density at radius 1 is 1.21 bits per heavy atom. The molecular formula is C15H16BrFN2. The minimum absolute atomic E-state index is 0.163.